The van der Waals surface area contributed by atoms with Crippen LogP contribution in [0.5, 0.6) is 0 Å². The van der Waals surface area contributed by atoms with Crippen LogP contribution < -0.4 is 4.98 Å². The lowest BCUT2D eigenvalue weighted by molar-refractivity contribution is -0.347. The van der Waals surface area contributed by atoms with Gasteiger partial charge in [-0.2, -0.15) is 0 Å². The van der Waals surface area contributed by atoms with Gasteiger partial charge in [0.25, 0.3) is 0 Å². The summed E-state index contributed by atoms with van der Waals surface area (Å²) in [5.41, 5.74) is 2.83. The second kappa shape index (κ2) is 2.02. The fourth-order valence-electron chi connectivity index (χ4n) is 1.17. The minimum absolute atomic E-state index is 0.797. The van der Waals surface area contributed by atoms with Crippen molar-refractivity contribution < 1.29 is 4.98 Å². The molecule has 0 radical (unpaired) electrons. The highest BCUT2D eigenvalue weighted by Crippen LogP contribution is 2.06. The molecule has 0 aliphatic carbocycles. The van der Waals surface area contributed by atoms with Gasteiger partial charge >= 0.3 is 5.65 Å². The van der Waals surface area contributed by atoms with Gasteiger partial charge in [-0.3, -0.25) is 4.98 Å². The van der Waals surface area contributed by atoms with Gasteiger partial charge in [0.2, 0.25) is 5.82 Å². The van der Waals surface area contributed by atoms with Gasteiger partial charge in [-0.05, 0) is 6.92 Å². The molecule has 2 aromatic rings. The second-order valence-electron chi connectivity index (χ2n) is 2.51. The van der Waals surface area contributed by atoms with Crippen LogP contribution in [0.3, 0.4) is 0 Å². The number of hydrogen-bond acceptors (Lipinski definition) is 2. The van der Waals surface area contributed by atoms with Crippen LogP contribution in [0.25, 0.3) is 11.2 Å². The van der Waals surface area contributed by atoms with Crippen molar-refractivity contribution in [1.82, 2.24) is 15.0 Å². The monoisotopic (exact) mass is 149 g/mol. The number of aromatic amines is 2. The molecule has 56 valence electrons. The Kier molecular flexibility index (Phi) is 1.15. The molecule has 0 atom stereocenters. The molecule has 4 nitrogen and oxygen atoms in total. The first-order valence-electron chi connectivity index (χ1n) is 3.47. The van der Waals surface area contributed by atoms with Crippen molar-refractivity contribution in [1.29, 1.82) is 0 Å². The van der Waals surface area contributed by atoms with Crippen molar-refractivity contribution in [2.75, 3.05) is 0 Å². The van der Waals surface area contributed by atoms with E-state index in [2.05, 4.69) is 19.9 Å². The minimum Gasteiger partial charge on any atom is -0.273 e. The summed E-state index contributed by atoms with van der Waals surface area (Å²) in [6, 6.07) is 0. The van der Waals surface area contributed by atoms with Crippen molar-refractivity contribution in [2.45, 2.75) is 13.8 Å². The van der Waals surface area contributed by atoms with E-state index in [-0.39, 0.29) is 0 Å². The molecule has 0 saturated carbocycles. The van der Waals surface area contributed by atoms with Crippen molar-refractivity contribution in [3.63, 3.8) is 0 Å². The number of aryl methyl sites for hydroxylation is 2. The quantitative estimate of drug-likeness (QED) is 0.589. The summed E-state index contributed by atoms with van der Waals surface area (Å²) in [6.07, 6.45) is 1.76. The fraction of sp³-hybridized carbons (Fsp3) is 0.286. The zero-order valence-electron chi connectivity index (χ0n) is 6.47. The van der Waals surface area contributed by atoms with Gasteiger partial charge in [-0.1, -0.05) is 4.98 Å². The Hall–Kier alpha value is -1.45. The molecule has 0 unspecified atom stereocenters. The van der Waals surface area contributed by atoms with E-state index in [1.807, 2.05) is 13.8 Å². The molecule has 11 heavy (non-hydrogen) atoms. The molecular formula is C7H9N4+. The van der Waals surface area contributed by atoms with Gasteiger partial charge in [0.15, 0.2) is 11.8 Å². The summed E-state index contributed by atoms with van der Waals surface area (Å²) in [6.45, 7) is 3.84. The topological polar surface area (TPSA) is 55.7 Å². The van der Waals surface area contributed by atoms with Crippen LogP contribution in [0, 0.1) is 13.8 Å². The molecule has 4 heteroatoms. The third-order valence-corrected chi connectivity index (χ3v) is 1.63. The normalized spacial score (nSPS) is 10.7. The minimum atomic E-state index is 0.797. The van der Waals surface area contributed by atoms with E-state index in [1.54, 1.807) is 6.33 Å². The van der Waals surface area contributed by atoms with E-state index in [4.69, 9.17) is 0 Å². The zero-order valence-corrected chi connectivity index (χ0v) is 6.47. The number of nitrogens with one attached hydrogen (secondary N) is 2. The van der Waals surface area contributed by atoms with Crippen molar-refractivity contribution in [3.05, 3.63) is 17.8 Å². The fourth-order valence-corrected chi connectivity index (χ4v) is 1.17. The van der Waals surface area contributed by atoms with E-state index >= 15 is 0 Å². The summed E-state index contributed by atoms with van der Waals surface area (Å²) in [4.78, 5) is 14.4. The number of fused-ring (bicyclic) bond motifs is 1. The Morgan fingerprint density at radius 2 is 2.18 bits per heavy atom. The van der Waals surface area contributed by atoms with E-state index in [0.717, 1.165) is 22.7 Å². The highest BCUT2D eigenvalue weighted by atomic mass is 15.0. The predicted molar refractivity (Wildman–Crippen MR) is 39.9 cm³/mol. The number of hydrogen-bond donors (Lipinski definition) is 1. The summed E-state index contributed by atoms with van der Waals surface area (Å²) in [5, 5.41) is 0. The summed E-state index contributed by atoms with van der Waals surface area (Å²) >= 11 is 0. The van der Waals surface area contributed by atoms with Crippen molar-refractivity contribution >= 4 is 11.2 Å². The van der Waals surface area contributed by atoms with Crippen molar-refractivity contribution in [2.24, 2.45) is 0 Å². The maximum absolute atomic E-state index is 4.21. The number of nitrogens with zero attached hydrogens (tertiary/aromatic N) is 2. The average molecular weight is 149 g/mol. The lowest BCUT2D eigenvalue weighted by atomic mass is 10.4. The maximum Gasteiger partial charge on any atom is 0.303 e. The van der Waals surface area contributed by atoms with E-state index in [9.17, 15) is 0 Å². The molecule has 0 aromatic carbocycles. The lowest BCUT2D eigenvalue weighted by Crippen LogP contribution is -2.00. The smallest absolute Gasteiger partial charge is 0.273 e. The van der Waals surface area contributed by atoms with Crippen LogP contribution in [-0.4, -0.2) is 15.0 Å². The third kappa shape index (κ3) is 0.869. The molecule has 0 aliphatic heterocycles. The molecule has 0 aliphatic rings. The summed E-state index contributed by atoms with van der Waals surface area (Å²) in [7, 11) is 0. The molecule has 0 amide bonds. The van der Waals surface area contributed by atoms with Crippen molar-refractivity contribution in [3.8, 4) is 0 Å². The van der Waals surface area contributed by atoms with Crippen LogP contribution >= 0.6 is 0 Å². The Morgan fingerprint density at radius 3 is 3.00 bits per heavy atom. The maximum atomic E-state index is 4.21. The summed E-state index contributed by atoms with van der Waals surface area (Å²) < 4.78 is 0. The van der Waals surface area contributed by atoms with Gasteiger partial charge in [0, 0.05) is 6.92 Å². The Labute approximate surface area is 63.7 Å². The van der Waals surface area contributed by atoms with E-state index in [0.29, 0.717) is 0 Å². The highest BCUT2D eigenvalue weighted by molar-refractivity contribution is 5.68. The molecule has 2 rings (SSSR count). The molecule has 0 fully saturated rings. The van der Waals surface area contributed by atoms with E-state index < -0.39 is 0 Å². The van der Waals surface area contributed by atoms with Crippen LogP contribution in [-0.2, 0) is 0 Å². The molecule has 0 saturated heterocycles. The molecule has 0 bridgehead atoms. The van der Waals surface area contributed by atoms with Gasteiger partial charge < -0.3 is 0 Å². The standard InChI is InChI=1S/C7H8N4/c1-4-6-7(9-3-8-6)11-5(2)10-4/h3H,1-2H3,(H,8,9,10,11)/p+1. The summed E-state index contributed by atoms with van der Waals surface area (Å²) in [5.74, 6) is 0.797. The molecular weight excluding hydrogens is 140 g/mol. The largest absolute Gasteiger partial charge is 0.303 e. The second-order valence-corrected chi connectivity index (χ2v) is 2.51. The van der Waals surface area contributed by atoms with Crippen LogP contribution in [0.1, 0.15) is 11.5 Å². The number of aromatic nitrogens is 4. The molecule has 2 aromatic heterocycles. The first-order chi connectivity index (χ1) is 5.27. The number of imidazole rings is 1. The number of H-pyrrole nitrogens is 2. The first-order valence-corrected chi connectivity index (χ1v) is 3.47. The molecule has 0 spiro atoms. The average Bonchev–Trinajstić information content (AvgIpc) is 2.34. The predicted octanol–water partition coefficient (Wildman–Crippen LogP) is 0.389. The SMILES string of the molecule is Cc1nc(C)c2[nH]c[nH+]c2n1. The third-order valence-electron chi connectivity index (χ3n) is 1.63. The van der Waals surface area contributed by atoms with Gasteiger partial charge in [-0.15, -0.1) is 0 Å². The van der Waals surface area contributed by atoms with Gasteiger partial charge in [0.1, 0.15) is 0 Å². The first kappa shape index (κ1) is 6.27. The Balaban J connectivity index is 2.91. The molecule has 2 N–H and O–H groups in total. The van der Waals surface area contributed by atoms with Crippen LogP contribution in [0.2, 0.25) is 0 Å². The van der Waals surface area contributed by atoms with Gasteiger partial charge in [0.05, 0.1) is 5.69 Å². The highest BCUT2D eigenvalue weighted by Gasteiger charge is 2.08. The molecule has 2 heterocycles. The lowest BCUT2D eigenvalue weighted by Gasteiger charge is -1.88. The van der Waals surface area contributed by atoms with Crippen LogP contribution in [0.15, 0.2) is 6.33 Å². The van der Waals surface area contributed by atoms with Gasteiger partial charge in [-0.25, -0.2) is 9.97 Å². The Bertz CT molecular complexity index is 390. The Morgan fingerprint density at radius 1 is 1.36 bits per heavy atom. The van der Waals surface area contributed by atoms with Crippen LogP contribution in [0.4, 0.5) is 0 Å². The zero-order chi connectivity index (χ0) is 7.84. The van der Waals surface area contributed by atoms with E-state index in [1.165, 1.54) is 0 Å². The number of rotatable bonds is 0.